The highest BCUT2D eigenvalue weighted by Crippen LogP contribution is 2.72. The van der Waals surface area contributed by atoms with E-state index in [2.05, 4.69) is 20.1 Å². The van der Waals surface area contributed by atoms with Gasteiger partial charge in [-0.2, -0.15) is 0 Å². The standard InChI is InChI=1S/C34H40ClN3O4S/c1-5-19-36(21-23-11-9-8-10-12-23)30(40)27-28-31(41)38(25(7-3)22-39)29(34(28)18-17-33(27,4)43-34)32(42)37(20-6-2)26-15-13-24(35)14-16-26/h5-6,8-16,25,27-29,39H,1-2,7,17-22H2,3-4H3/t25-,27-,28-,29?,33+,34?/m0/s1. The van der Waals surface area contributed by atoms with Crippen molar-refractivity contribution in [2.75, 3.05) is 24.6 Å². The van der Waals surface area contributed by atoms with Crippen molar-refractivity contribution in [3.63, 3.8) is 0 Å². The van der Waals surface area contributed by atoms with Crippen LogP contribution in [0.2, 0.25) is 5.02 Å². The summed E-state index contributed by atoms with van der Waals surface area (Å²) < 4.78 is -1.31. The molecule has 2 aromatic carbocycles. The number of fused-ring (bicyclic) bond motifs is 1. The maximum absolute atomic E-state index is 14.7. The van der Waals surface area contributed by atoms with Gasteiger partial charge in [-0.05, 0) is 56.0 Å². The number of amides is 3. The third-order valence-electron chi connectivity index (χ3n) is 9.38. The topological polar surface area (TPSA) is 81.2 Å². The van der Waals surface area contributed by atoms with E-state index in [0.717, 1.165) is 5.56 Å². The van der Waals surface area contributed by atoms with Crippen LogP contribution in [0.5, 0.6) is 0 Å². The number of benzene rings is 2. The number of hydrogen-bond donors (Lipinski definition) is 1. The van der Waals surface area contributed by atoms with Gasteiger partial charge in [-0.3, -0.25) is 14.4 Å². The van der Waals surface area contributed by atoms with E-state index in [4.69, 9.17) is 11.6 Å². The summed E-state index contributed by atoms with van der Waals surface area (Å²) in [6, 6.07) is 15.4. The smallest absolute Gasteiger partial charge is 0.251 e. The van der Waals surface area contributed by atoms with Crippen LogP contribution in [0.1, 0.15) is 38.7 Å². The van der Waals surface area contributed by atoms with E-state index in [1.54, 1.807) is 62.9 Å². The summed E-state index contributed by atoms with van der Waals surface area (Å²) in [4.78, 5) is 48.9. The van der Waals surface area contributed by atoms with Gasteiger partial charge in [0.2, 0.25) is 11.8 Å². The molecule has 2 bridgehead atoms. The van der Waals surface area contributed by atoms with Crippen molar-refractivity contribution in [1.82, 2.24) is 9.80 Å². The number of likely N-dealkylation sites (tertiary alicyclic amines) is 1. The Labute approximate surface area is 263 Å². The number of aliphatic hydroxyl groups excluding tert-OH is 1. The number of carbonyl (C=O) groups is 3. The van der Waals surface area contributed by atoms with Crippen LogP contribution in [0, 0.1) is 11.8 Å². The molecule has 7 nitrogen and oxygen atoms in total. The molecule has 3 heterocycles. The lowest BCUT2D eigenvalue weighted by Gasteiger charge is -2.39. The fourth-order valence-electron chi connectivity index (χ4n) is 7.44. The third kappa shape index (κ3) is 5.32. The predicted molar refractivity (Wildman–Crippen MR) is 173 cm³/mol. The van der Waals surface area contributed by atoms with Crippen LogP contribution in [0.25, 0.3) is 0 Å². The molecule has 9 heteroatoms. The normalized spacial score (nSPS) is 28.0. The lowest BCUT2D eigenvalue weighted by Crippen LogP contribution is -2.57. The minimum Gasteiger partial charge on any atom is -0.394 e. The highest BCUT2D eigenvalue weighted by molar-refractivity contribution is 8.02. The molecular weight excluding hydrogens is 582 g/mol. The lowest BCUT2D eigenvalue weighted by molar-refractivity contribution is -0.146. The molecule has 3 aliphatic heterocycles. The summed E-state index contributed by atoms with van der Waals surface area (Å²) in [5.41, 5.74) is 1.64. The summed E-state index contributed by atoms with van der Waals surface area (Å²) >= 11 is 7.79. The van der Waals surface area contributed by atoms with Crippen molar-refractivity contribution in [2.45, 2.75) is 61.2 Å². The number of aliphatic hydroxyl groups is 1. The van der Waals surface area contributed by atoms with Gasteiger partial charge in [0.15, 0.2) is 0 Å². The number of thioether (sulfide) groups is 1. The first-order chi connectivity index (χ1) is 20.7. The van der Waals surface area contributed by atoms with Gasteiger partial charge >= 0.3 is 0 Å². The lowest BCUT2D eigenvalue weighted by atomic mass is 9.66. The van der Waals surface area contributed by atoms with Gasteiger partial charge in [-0.15, -0.1) is 24.9 Å². The van der Waals surface area contributed by atoms with E-state index >= 15 is 0 Å². The van der Waals surface area contributed by atoms with Crippen LogP contribution in [0.15, 0.2) is 79.9 Å². The predicted octanol–water partition coefficient (Wildman–Crippen LogP) is 5.33. The second kappa shape index (κ2) is 12.5. The van der Waals surface area contributed by atoms with Gasteiger partial charge in [-0.25, -0.2) is 0 Å². The van der Waals surface area contributed by atoms with Gasteiger partial charge in [0.05, 0.1) is 29.2 Å². The monoisotopic (exact) mass is 621 g/mol. The van der Waals surface area contributed by atoms with Crippen LogP contribution in [-0.4, -0.2) is 73.9 Å². The Morgan fingerprint density at radius 3 is 2.37 bits per heavy atom. The van der Waals surface area contributed by atoms with Crippen LogP contribution >= 0.6 is 23.4 Å². The quantitative estimate of drug-likeness (QED) is 0.324. The minimum atomic E-state index is -0.843. The molecule has 1 spiro atoms. The molecule has 6 atom stereocenters. The Bertz CT molecular complexity index is 1380. The van der Waals surface area contributed by atoms with Gasteiger partial charge in [0.25, 0.3) is 5.91 Å². The van der Waals surface area contributed by atoms with E-state index in [-0.39, 0.29) is 30.9 Å². The molecule has 2 aromatic rings. The molecule has 0 saturated carbocycles. The van der Waals surface area contributed by atoms with Crippen molar-refractivity contribution >= 4 is 46.8 Å². The van der Waals surface area contributed by atoms with E-state index in [9.17, 15) is 19.5 Å². The molecule has 43 heavy (non-hydrogen) atoms. The Balaban J connectivity index is 1.58. The Morgan fingerprint density at radius 1 is 1.09 bits per heavy atom. The number of hydrogen-bond acceptors (Lipinski definition) is 5. The highest BCUT2D eigenvalue weighted by atomic mass is 35.5. The SMILES string of the molecule is C=CCN(Cc1ccccc1)C(=O)[C@@H]1[C@H]2C(=O)N([C@@H](CC)CO)C(C(=O)N(CC=C)c3ccc(Cl)cc3)C23CC[C@@]1(C)S3. The van der Waals surface area contributed by atoms with Crippen LogP contribution < -0.4 is 4.90 Å². The summed E-state index contributed by atoms with van der Waals surface area (Å²) in [6.07, 6.45) is 5.20. The Kier molecular flexibility index (Phi) is 9.12. The first-order valence-corrected chi connectivity index (χ1v) is 16.1. The Morgan fingerprint density at radius 2 is 1.77 bits per heavy atom. The van der Waals surface area contributed by atoms with E-state index in [0.29, 0.717) is 43.1 Å². The van der Waals surface area contributed by atoms with Crippen LogP contribution in [-0.2, 0) is 20.9 Å². The van der Waals surface area contributed by atoms with Crippen LogP contribution in [0.4, 0.5) is 5.69 Å². The number of nitrogens with zero attached hydrogens (tertiary/aromatic N) is 3. The molecule has 5 rings (SSSR count). The number of anilines is 1. The molecule has 0 aliphatic carbocycles. The van der Waals surface area contributed by atoms with Gasteiger partial charge in [-0.1, -0.05) is 61.0 Å². The van der Waals surface area contributed by atoms with Crippen molar-refractivity contribution < 1.29 is 19.5 Å². The largest absolute Gasteiger partial charge is 0.394 e. The molecule has 3 saturated heterocycles. The van der Waals surface area contributed by atoms with Crippen molar-refractivity contribution in [1.29, 1.82) is 0 Å². The summed E-state index contributed by atoms with van der Waals surface area (Å²) in [5.74, 6) is -1.84. The fraction of sp³-hybridized carbons (Fsp3) is 0.441. The summed E-state index contributed by atoms with van der Waals surface area (Å²) in [5, 5.41) is 11.0. The average Bonchev–Trinajstić information content (AvgIpc) is 3.57. The van der Waals surface area contributed by atoms with Gasteiger partial charge < -0.3 is 19.8 Å². The molecule has 3 amide bonds. The van der Waals surface area contributed by atoms with Gasteiger partial charge in [0, 0.05) is 35.1 Å². The zero-order chi connectivity index (χ0) is 30.9. The highest BCUT2D eigenvalue weighted by Gasteiger charge is 2.78. The molecule has 1 N–H and O–H groups in total. The summed E-state index contributed by atoms with van der Waals surface area (Å²) in [6.45, 7) is 12.5. The molecule has 0 aromatic heterocycles. The molecule has 3 aliphatic rings. The first kappa shape index (κ1) is 31.4. The second-order valence-electron chi connectivity index (χ2n) is 11.9. The minimum absolute atomic E-state index is 0.0931. The molecular formula is C34H40ClN3O4S. The van der Waals surface area contributed by atoms with Gasteiger partial charge in [0.1, 0.15) is 6.04 Å². The van der Waals surface area contributed by atoms with Crippen molar-refractivity contribution in [3.05, 3.63) is 90.5 Å². The average molecular weight is 622 g/mol. The summed E-state index contributed by atoms with van der Waals surface area (Å²) in [7, 11) is 0. The number of halogens is 1. The number of carbonyl (C=O) groups excluding carboxylic acids is 3. The zero-order valence-corrected chi connectivity index (χ0v) is 26.4. The Hall–Kier alpha value is -3.07. The fourth-order valence-corrected chi connectivity index (χ4v) is 9.89. The molecule has 228 valence electrons. The van der Waals surface area contributed by atoms with E-state index < -0.39 is 33.4 Å². The molecule has 3 fully saturated rings. The van der Waals surface area contributed by atoms with E-state index in [1.807, 2.05) is 37.3 Å². The van der Waals surface area contributed by atoms with Crippen molar-refractivity contribution in [2.24, 2.45) is 11.8 Å². The first-order valence-electron chi connectivity index (χ1n) is 14.9. The van der Waals surface area contributed by atoms with Crippen LogP contribution in [0.3, 0.4) is 0 Å². The third-order valence-corrected chi connectivity index (χ3v) is 11.6. The maximum Gasteiger partial charge on any atom is 0.251 e. The molecule has 0 radical (unpaired) electrons. The number of rotatable bonds is 12. The molecule has 2 unspecified atom stereocenters. The second-order valence-corrected chi connectivity index (χ2v) is 14.3. The maximum atomic E-state index is 14.7. The van der Waals surface area contributed by atoms with E-state index in [1.165, 1.54) is 0 Å². The van der Waals surface area contributed by atoms with Crippen molar-refractivity contribution in [3.8, 4) is 0 Å². The zero-order valence-electron chi connectivity index (χ0n) is 24.8.